The van der Waals surface area contributed by atoms with Crippen LogP contribution in [0.1, 0.15) is 12.5 Å². The molecule has 0 aliphatic rings. The van der Waals surface area contributed by atoms with Crippen molar-refractivity contribution in [3.8, 4) is 5.75 Å². The van der Waals surface area contributed by atoms with Gasteiger partial charge >= 0.3 is 0 Å². The molecule has 0 saturated heterocycles. The summed E-state index contributed by atoms with van der Waals surface area (Å²) in [6, 6.07) is 12.6. The SMILES string of the molecule is CN=C(NCc1ccc(S(=O)(=O)NC)cc1)NCC(C)Oc1cccc(F)c1.I. The Balaban J connectivity index is 0.00000420. The van der Waals surface area contributed by atoms with Crippen LogP contribution in [-0.2, 0) is 16.6 Å². The van der Waals surface area contributed by atoms with E-state index in [1.54, 1.807) is 43.4 Å². The number of nitrogens with one attached hydrogen (secondary N) is 3. The van der Waals surface area contributed by atoms with Gasteiger partial charge in [0.25, 0.3) is 0 Å². The summed E-state index contributed by atoms with van der Waals surface area (Å²) >= 11 is 0. The predicted octanol–water partition coefficient (Wildman–Crippen LogP) is 2.48. The molecule has 2 aromatic rings. The van der Waals surface area contributed by atoms with E-state index in [1.807, 2.05) is 6.92 Å². The molecule has 0 radical (unpaired) electrons. The molecule has 0 fully saturated rings. The monoisotopic (exact) mass is 536 g/mol. The topological polar surface area (TPSA) is 91.8 Å². The molecule has 10 heteroatoms. The fourth-order valence-corrected chi connectivity index (χ4v) is 3.10. The van der Waals surface area contributed by atoms with Crippen LogP contribution in [0.25, 0.3) is 0 Å². The van der Waals surface area contributed by atoms with Crippen molar-refractivity contribution in [2.24, 2.45) is 4.99 Å². The third-order valence-corrected chi connectivity index (χ3v) is 5.31. The third kappa shape index (κ3) is 8.15. The molecule has 0 spiro atoms. The largest absolute Gasteiger partial charge is 0.489 e. The Labute approximate surface area is 188 Å². The molecule has 160 valence electrons. The number of halogens is 2. The smallest absolute Gasteiger partial charge is 0.240 e. The number of guanidine groups is 1. The summed E-state index contributed by atoms with van der Waals surface area (Å²) in [6.45, 7) is 2.81. The third-order valence-electron chi connectivity index (χ3n) is 3.88. The van der Waals surface area contributed by atoms with Crippen molar-refractivity contribution < 1.29 is 17.5 Å². The molecule has 29 heavy (non-hydrogen) atoms. The first-order valence-corrected chi connectivity index (χ1v) is 10.2. The van der Waals surface area contributed by atoms with Crippen molar-refractivity contribution in [2.45, 2.75) is 24.5 Å². The number of nitrogens with zero attached hydrogens (tertiary/aromatic N) is 1. The standard InChI is InChI=1S/C19H25FN4O3S.HI/c1-14(27-17-6-4-5-16(20)11-17)12-23-19(21-2)24-13-15-7-9-18(10-8-15)28(25,26)22-3;/h4-11,14,22H,12-13H2,1-3H3,(H2,21,23,24);1H. The lowest BCUT2D eigenvalue weighted by Gasteiger charge is -2.18. The lowest BCUT2D eigenvalue weighted by Crippen LogP contribution is -2.41. The van der Waals surface area contributed by atoms with E-state index in [4.69, 9.17) is 4.74 Å². The Morgan fingerprint density at radius 2 is 1.86 bits per heavy atom. The lowest BCUT2D eigenvalue weighted by atomic mass is 10.2. The number of hydrogen-bond donors (Lipinski definition) is 3. The summed E-state index contributed by atoms with van der Waals surface area (Å²) < 4.78 is 44.6. The minimum atomic E-state index is -3.44. The maximum absolute atomic E-state index is 13.2. The van der Waals surface area contributed by atoms with Crippen LogP contribution >= 0.6 is 24.0 Å². The molecule has 0 aromatic heterocycles. The Bertz CT molecular complexity index is 908. The summed E-state index contributed by atoms with van der Waals surface area (Å²) in [5, 5.41) is 6.28. The van der Waals surface area contributed by atoms with Gasteiger partial charge in [-0.1, -0.05) is 18.2 Å². The second-order valence-electron chi connectivity index (χ2n) is 6.04. The summed E-state index contributed by atoms with van der Waals surface area (Å²) in [5.74, 6) is 0.694. The van der Waals surface area contributed by atoms with E-state index in [2.05, 4.69) is 20.3 Å². The summed E-state index contributed by atoms with van der Waals surface area (Å²) in [5.41, 5.74) is 0.905. The zero-order chi connectivity index (χ0) is 20.6. The van der Waals surface area contributed by atoms with Crippen LogP contribution in [0.2, 0.25) is 0 Å². The Kier molecular flexibility index (Phi) is 10.3. The highest BCUT2D eigenvalue weighted by Crippen LogP contribution is 2.13. The van der Waals surface area contributed by atoms with Crippen molar-refractivity contribution >= 4 is 40.0 Å². The van der Waals surface area contributed by atoms with E-state index in [-0.39, 0.29) is 40.8 Å². The van der Waals surface area contributed by atoms with E-state index in [9.17, 15) is 12.8 Å². The van der Waals surface area contributed by atoms with Crippen LogP contribution in [0.3, 0.4) is 0 Å². The van der Waals surface area contributed by atoms with Crippen LogP contribution in [0.5, 0.6) is 5.75 Å². The van der Waals surface area contributed by atoms with E-state index in [1.165, 1.54) is 19.2 Å². The molecular weight excluding hydrogens is 510 g/mol. The highest BCUT2D eigenvalue weighted by molar-refractivity contribution is 14.0. The van der Waals surface area contributed by atoms with Gasteiger partial charge < -0.3 is 15.4 Å². The van der Waals surface area contributed by atoms with Crippen molar-refractivity contribution in [1.82, 2.24) is 15.4 Å². The highest BCUT2D eigenvalue weighted by atomic mass is 127. The van der Waals surface area contributed by atoms with Gasteiger partial charge in [-0.2, -0.15) is 0 Å². The molecule has 0 heterocycles. The zero-order valence-corrected chi connectivity index (χ0v) is 19.6. The molecule has 0 amide bonds. The molecule has 1 atom stereocenters. The summed E-state index contributed by atoms with van der Waals surface area (Å²) in [6.07, 6.45) is -0.202. The van der Waals surface area contributed by atoms with Gasteiger partial charge in [0.15, 0.2) is 5.96 Å². The molecular formula is C19H26FIN4O3S. The van der Waals surface area contributed by atoms with Gasteiger partial charge in [0.2, 0.25) is 10.0 Å². The normalized spacial score (nSPS) is 12.6. The quantitative estimate of drug-likeness (QED) is 0.274. The van der Waals surface area contributed by atoms with Crippen LogP contribution in [-0.4, -0.2) is 41.1 Å². The Morgan fingerprint density at radius 1 is 1.17 bits per heavy atom. The number of ether oxygens (including phenoxy) is 1. The first kappa shape index (κ1) is 25.1. The number of sulfonamides is 1. The lowest BCUT2D eigenvalue weighted by molar-refractivity contribution is 0.223. The minimum absolute atomic E-state index is 0. The average molecular weight is 536 g/mol. The highest BCUT2D eigenvalue weighted by Gasteiger charge is 2.11. The maximum Gasteiger partial charge on any atom is 0.240 e. The van der Waals surface area contributed by atoms with Crippen LogP contribution in [0, 0.1) is 5.82 Å². The second-order valence-corrected chi connectivity index (χ2v) is 7.93. The van der Waals surface area contributed by atoms with Gasteiger partial charge in [-0.15, -0.1) is 24.0 Å². The fraction of sp³-hybridized carbons (Fsp3) is 0.316. The molecule has 1 unspecified atom stereocenters. The zero-order valence-electron chi connectivity index (χ0n) is 16.5. The van der Waals surface area contributed by atoms with Crippen LogP contribution in [0.15, 0.2) is 58.4 Å². The summed E-state index contributed by atoms with van der Waals surface area (Å²) in [4.78, 5) is 4.35. The van der Waals surface area contributed by atoms with Gasteiger partial charge in [-0.3, -0.25) is 4.99 Å². The van der Waals surface area contributed by atoms with E-state index < -0.39 is 10.0 Å². The number of hydrogen-bond acceptors (Lipinski definition) is 4. The van der Waals surface area contributed by atoms with Crippen molar-refractivity contribution in [2.75, 3.05) is 20.6 Å². The Hall–Kier alpha value is -1.92. The Morgan fingerprint density at radius 3 is 2.45 bits per heavy atom. The number of aliphatic imine (C=N–C) groups is 1. The molecule has 2 aromatic carbocycles. The first-order chi connectivity index (χ1) is 13.3. The number of benzene rings is 2. The molecule has 0 bridgehead atoms. The van der Waals surface area contributed by atoms with Gasteiger partial charge in [0.1, 0.15) is 17.7 Å². The fourth-order valence-electron chi connectivity index (χ4n) is 2.37. The molecule has 0 aliphatic carbocycles. The first-order valence-electron chi connectivity index (χ1n) is 8.73. The predicted molar refractivity (Wildman–Crippen MR) is 123 cm³/mol. The minimum Gasteiger partial charge on any atom is -0.489 e. The number of rotatable bonds is 8. The average Bonchev–Trinajstić information content (AvgIpc) is 2.68. The van der Waals surface area contributed by atoms with Crippen LogP contribution in [0.4, 0.5) is 4.39 Å². The van der Waals surface area contributed by atoms with Crippen LogP contribution < -0.4 is 20.1 Å². The van der Waals surface area contributed by atoms with Gasteiger partial charge in [-0.05, 0) is 43.8 Å². The van der Waals surface area contributed by atoms with Gasteiger partial charge in [-0.25, -0.2) is 17.5 Å². The summed E-state index contributed by atoms with van der Waals surface area (Å²) in [7, 11) is -0.418. The van der Waals surface area contributed by atoms with Crippen molar-refractivity contribution in [3.05, 3.63) is 59.9 Å². The van der Waals surface area contributed by atoms with Crippen molar-refractivity contribution in [3.63, 3.8) is 0 Å². The molecule has 0 aliphatic heterocycles. The van der Waals surface area contributed by atoms with Gasteiger partial charge in [0, 0.05) is 19.7 Å². The maximum atomic E-state index is 13.2. The molecule has 7 nitrogen and oxygen atoms in total. The van der Waals surface area contributed by atoms with E-state index in [0.717, 1.165) is 5.56 Å². The molecule has 3 N–H and O–H groups in total. The second kappa shape index (κ2) is 11.9. The molecule has 2 rings (SSSR count). The van der Waals surface area contributed by atoms with Gasteiger partial charge in [0.05, 0.1) is 11.4 Å². The van der Waals surface area contributed by atoms with E-state index >= 15 is 0 Å². The van der Waals surface area contributed by atoms with Crippen molar-refractivity contribution in [1.29, 1.82) is 0 Å². The van der Waals surface area contributed by atoms with E-state index in [0.29, 0.717) is 24.8 Å². The molecule has 0 saturated carbocycles.